The fraction of sp³-hybridized carbons (Fsp3) is 0.154. The minimum Gasteiger partial charge on any atom is -0.507 e. The second-order valence-electron chi connectivity index (χ2n) is 7.77. The molecular formula is C26H20F3NO4. The van der Waals surface area contributed by atoms with Crippen LogP contribution in [-0.2, 0) is 22.3 Å². The summed E-state index contributed by atoms with van der Waals surface area (Å²) in [4.78, 5) is 27.3. The minimum absolute atomic E-state index is 0.142. The maximum atomic E-state index is 13.2. The largest absolute Gasteiger partial charge is 0.507 e. The maximum absolute atomic E-state index is 13.2. The second-order valence-corrected chi connectivity index (χ2v) is 7.77. The summed E-state index contributed by atoms with van der Waals surface area (Å²) in [6.07, 6.45) is -4.55. The molecule has 0 bridgehead atoms. The van der Waals surface area contributed by atoms with Crippen molar-refractivity contribution in [2.24, 2.45) is 0 Å². The Bertz CT molecular complexity index is 1270. The smallest absolute Gasteiger partial charge is 0.416 e. The topological polar surface area (TPSA) is 66.8 Å². The SMILES string of the molecule is COc1cccc(/C(O)=C2\C(=O)C(=O)N(Cc3cccc(C(F)(F)F)c3)C2c2ccccc2)c1. The molecule has 5 nitrogen and oxygen atoms in total. The number of ketones is 1. The number of carbonyl (C=O) groups excluding carboxylic acids is 2. The van der Waals surface area contributed by atoms with E-state index in [2.05, 4.69) is 0 Å². The number of carbonyl (C=O) groups is 2. The molecule has 4 rings (SSSR count). The number of alkyl halides is 3. The van der Waals surface area contributed by atoms with Crippen molar-refractivity contribution in [3.8, 4) is 5.75 Å². The molecule has 34 heavy (non-hydrogen) atoms. The lowest BCUT2D eigenvalue weighted by molar-refractivity contribution is -0.140. The molecule has 1 aliphatic rings. The minimum atomic E-state index is -4.55. The lowest BCUT2D eigenvalue weighted by Gasteiger charge is -2.25. The zero-order valence-corrected chi connectivity index (χ0v) is 18.0. The molecule has 1 atom stereocenters. The van der Waals surface area contributed by atoms with Gasteiger partial charge in [-0.3, -0.25) is 9.59 Å². The van der Waals surface area contributed by atoms with Crippen molar-refractivity contribution in [2.75, 3.05) is 7.11 Å². The number of methoxy groups -OCH3 is 1. The highest BCUT2D eigenvalue weighted by Gasteiger charge is 2.46. The van der Waals surface area contributed by atoms with Gasteiger partial charge in [0.2, 0.25) is 0 Å². The van der Waals surface area contributed by atoms with E-state index in [-0.39, 0.29) is 23.2 Å². The fourth-order valence-electron chi connectivity index (χ4n) is 3.99. The molecule has 0 spiro atoms. The number of halogens is 3. The third kappa shape index (κ3) is 4.39. The maximum Gasteiger partial charge on any atom is 0.416 e. The number of amides is 1. The number of benzene rings is 3. The van der Waals surface area contributed by atoms with Gasteiger partial charge < -0.3 is 14.7 Å². The highest BCUT2D eigenvalue weighted by molar-refractivity contribution is 6.46. The first-order valence-electron chi connectivity index (χ1n) is 10.3. The van der Waals surface area contributed by atoms with Crippen molar-refractivity contribution in [1.82, 2.24) is 4.90 Å². The summed E-state index contributed by atoms with van der Waals surface area (Å²) in [7, 11) is 1.46. The van der Waals surface area contributed by atoms with Crippen LogP contribution in [0.25, 0.3) is 5.76 Å². The second kappa shape index (κ2) is 9.05. The average Bonchev–Trinajstić information content (AvgIpc) is 3.08. The van der Waals surface area contributed by atoms with Crippen molar-refractivity contribution in [1.29, 1.82) is 0 Å². The Labute approximate surface area is 193 Å². The van der Waals surface area contributed by atoms with Crippen LogP contribution in [0.4, 0.5) is 13.2 Å². The summed E-state index contributed by atoms with van der Waals surface area (Å²) in [5, 5.41) is 11.1. The van der Waals surface area contributed by atoms with Gasteiger partial charge in [0.1, 0.15) is 11.5 Å². The third-order valence-electron chi connectivity index (χ3n) is 5.61. The summed E-state index contributed by atoms with van der Waals surface area (Å²) in [5.41, 5.74) is 0.0279. The van der Waals surface area contributed by atoms with Crippen LogP contribution in [0.1, 0.15) is 28.3 Å². The zero-order valence-electron chi connectivity index (χ0n) is 18.0. The molecule has 0 radical (unpaired) electrons. The van der Waals surface area contributed by atoms with E-state index in [0.717, 1.165) is 12.1 Å². The Morgan fingerprint density at radius 3 is 2.35 bits per heavy atom. The molecular weight excluding hydrogens is 447 g/mol. The molecule has 1 fully saturated rings. The number of aliphatic hydroxyl groups is 1. The summed E-state index contributed by atoms with van der Waals surface area (Å²) < 4.78 is 44.8. The molecule has 0 aliphatic carbocycles. The molecule has 1 saturated heterocycles. The van der Waals surface area contributed by atoms with Crippen LogP contribution < -0.4 is 4.74 Å². The van der Waals surface area contributed by atoms with Crippen LogP contribution >= 0.6 is 0 Å². The van der Waals surface area contributed by atoms with E-state index in [1.807, 2.05) is 0 Å². The molecule has 1 heterocycles. The lowest BCUT2D eigenvalue weighted by Crippen LogP contribution is -2.29. The van der Waals surface area contributed by atoms with Crippen molar-refractivity contribution in [3.05, 3.63) is 107 Å². The van der Waals surface area contributed by atoms with Crippen molar-refractivity contribution in [3.63, 3.8) is 0 Å². The van der Waals surface area contributed by atoms with Crippen LogP contribution in [0, 0.1) is 0 Å². The number of Topliss-reactive ketones (excluding diaryl/α,β-unsaturated/α-hetero) is 1. The summed E-state index contributed by atoms with van der Waals surface area (Å²) in [6, 6.07) is 18.6. The number of hydrogen-bond donors (Lipinski definition) is 1. The molecule has 3 aromatic rings. The van der Waals surface area contributed by atoms with Crippen LogP contribution in [0.3, 0.4) is 0 Å². The van der Waals surface area contributed by atoms with E-state index in [1.54, 1.807) is 48.5 Å². The van der Waals surface area contributed by atoms with Crippen molar-refractivity contribution in [2.45, 2.75) is 18.8 Å². The molecule has 1 unspecified atom stereocenters. The Hall–Kier alpha value is -4.07. The van der Waals surface area contributed by atoms with Gasteiger partial charge in [0.25, 0.3) is 11.7 Å². The normalized spacial score (nSPS) is 17.8. The van der Waals surface area contributed by atoms with E-state index in [1.165, 1.54) is 30.2 Å². The standard InChI is InChI=1S/C26H20F3NO4/c1-34-20-12-6-10-18(14-20)23(31)21-22(17-8-3-2-4-9-17)30(25(33)24(21)32)15-16-7-5-11-19(13-16)26(27,28)29/h2-14,22,31H,15H2,1H3/b23-21+. The summed E-state index contributed by atoms with van der Waals surface area (Å²) in [5.74, 6) is -1.77. The van der Waals surface area contributed by atoms with Gasteiger partial charge in [0.05, 0.1) is 24.3 Å². The first-order valence-corrected chi connectivity index (χ1v) is 10.3. The van der Waals surface area contributed by atoms with Gasteiger partial charge in [0, 0.05) is 12.1 Å². The van der Waals surface area contributed by atoms with Gasteiger partial charge in [-0.25, -0.2) is 0 Å². The monoisotopic (exact) mass is 467 g/mol. The van der Waals surface area contributed by atoms with Gasteiger partial charge in [-0.15, -0.1) is 0 Å². The Kier molecular flexibility index (Phi) is 6.15. The molecule has 1 N–H and O–H groups in total. The van der Waals surface area contributed by atoms with E-state index in [4.69, 9.17) is 4.74 Å². The first kappa shape index (κ1) is 23.1. The first-order chi connectivity index (χ1) is 16.2. The number of rotatable bonds is 5. The fourth-order valence-corrected chi connectivity index (χ4v) is 3.99. The third-order valence-corrected chi connectivity index (χ3v) is 5.61. The van der Waals surface area contributed by atoms with Crippen LogP contribution in [0.2, 0.25) is 0 Å². The number of hydrogen-bond acceptors (Lipinski definition) is 4. The van der Waals surface area contributed by atoms with Crippen molar-refractivity contribution >= 4 is 17.4 Å². The number of nitrogens with zero attached hydrogens (tertiary/aromatic N) is 1. The van der Waals surface area contributed by atoms with Gasteiger partial charge >= 0.3 is 6.18 Å². The van der Waals surface area contributed by atoms with Crippen LogP contribution in [0.5, 0.6) is 5.75 Å². The van der Waals surface area contributed by atoms with Crippen molar-refractivity contribution < 1.29 is 32.6 Å². The molecule has 174 valence electrons. The Morgan fingerprint density at radius 2 is 1.68 bits per heavy atom. The van der Waals surface area contributed by atoms with Gasteiger partial charge in [0.15, 0.2) is 0 Å². The Balaban J connectivity index is 1.83. The quantitative estimate of drug-likeness (QED) is 0.313. The predicted octanol–water partition coefficient (Wildman–Crippen LogP) is 5.34. The summed E-state index contributed by atoms with van der Waals surface area (Å²) in [6.45, 7) is -0.247. The number of ether oxygens (including phenoxy) is 1. The lowest BCUT2D eigenvalue weighted by atomic mass is 9.95. The van der Waals surface area contributed by atoms with Gasteiger partial charge in [-0.05, 0) is 35.4 Å². The van der Waals surface area contributed by atoms with E-state index in [9.17, 15) is 27.9 Å². The predicted molar refractivity (Wildman–Crippen MR) is 119 cm³/mol. The number of likely N-dealkylation sites (tertiary alicyclic amines) is 1. The highest BCUT2D eigenvalue weighted by Crippen LogP contribution is 2.41. The van der Waals surface area contributed by atoms with Gasteiger partial charge in [-0.1, -0.05) is 54.6 Å². The van der Waals surface area contributed by atoms with Crippen LogP contribution in [0.15, 0.2) is 84.4 Å². The average molecular weight is 467 g/mol. The van der Waals surface area contributed by atoms with Crippen LogP contribution in [-0.4, -0.2) is 28.8 Å². The van der Waals surface area contributed by atoms with E-state index < -0.39 is 35.2 Å². The zero-order chi connectivity index (χ0) is 24.5. The van der Waals surface area contributed by atoms with E-state index >= 15 is 0 Å². The van der Waals surface area contributed by atoms with E-state index in [0.29, 0.717) is 11.3 Å². The molecule has 0 saturated carbocycles. The molecule has 0 aromatic heterocycles. The molecule has 8 heteroatoms. The van der Waals surface area contributed by atoms with Gasteiger partial charge in [-0.2, -0.15) is 13.2 Å². The molecule has 3 aromatic carbocycles. The number of aliphatic hydroxyl groups excluding tert-OH is 1. The Morgan fingerprint density at radius 1 is 0.971 bits per heavy atom. The summed E-state index contributed by atoms with van der Waals surface area (Å²) >= 11 is 0. The molecule has 1 amide bonds. The highest BCUT2D eigenvalue weighted by atomic mass is 19.4. The molecule has 1 aliphatic heterocycles.